The Morgan fingerprint density at radius 1 is 1.03 bits per heavy atom. The third-order valence-electron chi connectivity index (χ3n) is 5.85. The van der Waals surface area contributed by atoms with Gasteiger partial charge in [0.1, 0.15) is 42.7 Å². The number of rotatable bonds is 8. The zero-order chi connectivity index (χ0) is 25.0. The van der Waals surface area contributed by atoms with Gasteiger partial charge in [-0.2, -0.15) is 0 Å². The highest BCUT2D eigenvalue weighted by Crippen LogP contribution is 2.28. The van der Waals surface area contributed by atoms with E-state index in [1.54, 1.807) is 30.3 Å². The quantitative estimate of drug-likeness (QED) is 0.162. The van der Waals surface area contributed by atoms with Gasteiger partial charge in [0, 0.05) is 5.56 Å². The Labute approximate surface area is 195 Å². The topological polar surface area (TPSA) is 216 Å². The number of benzene rings is 1. The minimum absolute atomic E-state index is 0.295. The van der Waals surface area contributed by atoms with Crippen molar-refractivity contribution in [2.24, 2.45) is 5.73 Å². The number of nitrogens with one attached hydrogen (secondary N) is 2. The summed E-state index contributed by atoms with van der Waals surface area (Å²) in [6, 6.07) is 3.93. The normalized spacial score (nSPS) is 38.3. The maximum atomic E-state index is 12.4. The summed E-state index contributed by atoms with van der Waals surface area (Å²) in [7, 11) is 0. The molecule has 0 spiro atoms. The average Bonchev–Trinajstić information content (AvgIpc) is 2.85. The van der Waals surface area contributed by atoms with Gasteiger partial charge in [0.15, 0.2) is 12.6 Å². The molecule has 13 nitrogen and oxygen atoms in total. The number of aliphatic hydroxyl groups is 6. The second-order valence-corrected chi connectivity index (χ2v) is 8.07. The summed E-state index contributed by atoms with van der Waals surface area (Å²) >= 11 is 0. The van der Waals surface area contributed by atoms with E-state index in [-0.39, 0.29) is 0 Å². The molecule has 0 aliphatic carbocycles. The molecule has 34 heavy (non-hydrogen) atoms. The van der Waals surface area contributed by atoms with Crippen LogP contribution in [0.25, 0.3) is 6.08 Å². The second kappa shape index (κ2) is 11.6. The Morgan fingerprint density at radius 2 is 1.68 bits per heavy atom. The number of nitrogens with two attached hydrogens (primary N) is 1. The Bertz CT molecular complexity index is 826. The van der Waals surface area contributed by atoms with Crippen LogP contribution in [0.3, 0.4) is 0 Å². The number of hydrogen-bond donors (Lipinski definition) is 9. The fourth-order valence-corrected chi connectivity index (χ4v) is 3.78. The lowest BCUT2D eigenvalue weighted by Gasteiger charge is -2.46. The third-order valence-corrected chi connectivity index (χ3v) is 5.85. The lowest BCUT2D eigenvalue weighted by molar-refractivity contribution is -0.326. The maximum Gasteiger partial charge on any atom is 0.265 e. The van der Waals surface area contributed by atoms with Gasteiger partial charge in [-0.15, -0.1) is 0 Å². The summed E-state index contributed by atoms with van der Waals surface area (Å²) in [6.07, 6.45) is -9.73. The van der Waals surface area contributed by atoms with Crippen LogP contribution in [0.15, 0.2) is 30.8 Å². The molecule has 2 aliphatic rings. The van der Waals surface area contributed by atoms with Crippen molar-refractivity contribution in [3.8, 4) is 0 Å². The van der Waals surface area contributed by atoms with E-state index in [0.717, 1.165) is 5.56 Å². The molecule has 13 heteroatoms. The molecule has 190 valence electrons. The highest BCUT2D eigenvalue weighted by molar-refractivity contribution is 5.94. The van der Waals surface area contributed by atoms with Crippen LogP contribution in [0.4, 0.5) is 0 Å². The standard InChI is InChI=1S/C21H31N3O10/c1-2-9-3-5-10(6-4-9)19(30)24-23-14-17(29)18(12(8-26)32-20(14)31)34-21-13(22)16(28)15(27)11(7-25)33-21/h2-6,11-18,20-21,23,25-29,31H,1,7-8,22H2,(H,24,30)/t11-,12-,13-,14-,15-,16-,17-,18-,20-,21+/m1/s1. The van der Waals surface area contributed by atoms with E-state index in [0.29, 0.717) is 5.56 Å². The second-order valence-electron chi connectivity index (χ2n) is 8.07. The summed E-state index contributed by atoms with van der Waals surface area (Å²) in [6.45, 7) is 2.33. The van der Waals surface area contributed by atoms with Crippen LogP contribution in [-0.2, 0) is 14.2 Å². The summed E-state index contributed by atoms with van der Waals surface area (Å²) in [4.78, 5) is 12.4. The van der Waals surface area contributed by atoms with Crippen molar-refractivity contribution in [2.75, 3.05) is 13.2 Å². The van der Waals surface area contributed by atoms with Crippen molar-refractivity contribution < 1.29 is 49.6 Å². The van der Waals surface area contributed by atoms with Crippen molar-refractivity contribution in [1.82, 2.24) is 10.9 Å². The van der Waals surface area contributed by atoms with E-state index in [1.165, 1.54) is 0 Å². The molecule has 0 radical (unpaired) electrons. The van der Waals surface area contributed by atoms with Gasteiger partial charge in [0.25, 0.3) is 5.91 Å². The van der Waals surface area contributed by atoms with Crippen LogP contribution in [0.5, 0.6) is 0 Å². The Kier molecular flexibility index (Phi) is 9.08. The molecule has 2 fully saturated rings. The first kappa shape index (κ1) is 26.6. The van der Waals surface area contributed by atoms with Gasteiger partial charge in [-0.1, -0.05) is 24.8 Å². The minimum atomic E-state index is -1.64. The van der Waals surface area contributed by atoms with Crippen LogP contribution < -0.4 is 16.6 Å². The highest BCUT2D eigenvalue weighted by atomic mass is 16.7. The molecule has 1 aromatic rings. The molecule has 2 heterocycles. The highest BCUT2D eigenvalue weighted by Gasteiger charge is 2.50. The maximum absolute atomic E-state index is 12.4. The van der Waals surface area contributed by atoms with Crippen LogP contribution in [-0.4, -0.2) is 111 Å². The Hall–Kier alpha value is -2.01. The summed E-state index contributed by atoms with van der Waals surface area (Å²) in [5.74, 6) is -0.558. The summed E-state index contributed by atoms with van der Waals surface area (Å²) in [5, 5.41) is 60.2. The van der Waals surface area contributed by atoms with Gasteiger partial charge in [-0.05, 0) is 17.7 Å². The molecule has 1 aromatic carbocycles. The van der Waals surface area contributed by atoms with Crippen molar-refractivity contribution >= 4 is 12.0 Å². The average molecular weight is 485 g/mol. The van der Waals surface area contributed by atoms with E-state index in [4.69, 9.17) is 19.9 Å². The molecule has 0 aromatic heterocycles. The molecule has 10 N–H and O–H groups in total. The Balaban J connectivity index is 1.69. The van der Waals surface area contributed by atoms with E-state index in [1.807, 2.05) is 0 Å². The smallest absolute Gasteiger partial charge is 0.265 e. The number of hydrogen-bond acceptors (Lipinski definition) is 12. The van der Waals surface area contributed by atoms with Gasteiger partial charge < -0.3 is 50.6 Å². The molecule has 0 unspecified atom stereocenters. The molecule has 0 saturated carbocycles. The van der Waals surface area contributed by atoms with E-state index >= 15 is 0 Å². The van der Waals surface area contributed by atoms with Gasteiger partial charge >= 0.3 is 0 Å². The van der Waals surface area contributed by atoms with Crippen molar-refractivity contribution in [1.29, 1.82) is 0 Å². The monoisotopic (exact) mass is 485 g/mol. The number of carbonyl (C=O) groups excluding carboxylic acids is 1. The lowest BCUT2D eigenvalue weighted by Crippen LogP contribution is -2.69. The van der Waals surface area contributed by atoms with E-state index in [9.17, 15) is 35.4 Å². The number of aliphatic hydroxyl groups excluding tert-OH is 6. The van der Waals surface area contributed by atoms with Gasteiger partial charge in [0.2, 0.25) is 0 Å². The predicted molar refractivity (Wildman–Crippen MR) is 116 cm³/mol. The van der Waals surface area contributed by atoms with Gasteiger partial charge in [-0.3, -0.25) is 10.2 Å². The summed E-state index contributed by atoms with van der Waals surface area (Å²) < 4.78 is 16.4. The fraction of sp³-hybridized carbons (Fsp3) is 0.571. The van der Waals surface area contributed by atoms with Crippen LogP contribution in [0.1, 0.15) is 15.9 Å². The number of amides is 1. The van der Waals surface area contributed by atoms with Crippen LogP contribution in [0.2, 0.25) is 0 Å². The van der Waals surface area contributed by atoms with E-state index in [2.05, 4.69) is 17.4 Å². The predicted octanol–water partition coefficient (Wildman–Crippen LogP) is -3.85. The Morgan fingerprint density at radius 3 is 2.26 bits per heavy atom. The first-order valence-corrected chi connectivity index (χ1v) is 10.7. The molecular formula is C21H31N3O10. The van der Waals surface area contributed by atoms with Crippen LogP contribution >= 0.6 is 0 Å². The number of carbonyl (C=O) groups is 1. The molecule has 0 bridgehead atoms. The van der Waals surface area contributed by atoms with Crippen LogP contribution in [0, 0.1) is 0 Å². The summed E-state index contributed by atoms with van der Waals surface area (Å²) in [5.41, 5.74) is 11.8. The molecule has 2 saturated heterocycles. The third kappa shape index (κ3) is 5.62. The minimum Gasteiger partial charge on any atom is -0.394 e. The zero-order valence-electron chi connectivity index (χ0n) is 18.2. The van der Waals surface area contributed by atoms with E-state index < -0.39 is 80.4 Å². The molecule has 1 amide bonds. The lowest BCUT2D eigenvalue weighted by atomic mass is 9.95. The largest absolute Gasteiger partial charge is 0.394 e. The number of ether oxygens (including phenoxy) is 3. The fourth-order valence-electron chi connectivity index (χ4n) is 3.78. The van der Waals surface area contributed by atoms with Crippen molar-refractivity contribution in [3.05, 3.63) is 42.0 Å². The van der Waals surface area contributed by atoms with Gasteiger partial charge in [-0.25, -0.2) is 5.43 Å². The number of hydrazine groups is 1. The van der Waals surface area contributed by atoms with Gasteiger partial charge in [0.05, 0.1) is 19.3 Å². The first-order chi connectivity index (χ1) is 16.2. The van der Waals surface area contributed by atoms with Crippen molar-refractivity contribution in [2.45, 2.75) is 61.3 Å². The zero-order valence-corrected chi connectivity index (χ0v) is 18.2. The molecular weight excluding hydrogens is 454 g/mol. The SMILES string of the molecule is C=Cc1ccc(C(=O)NN[C@@H]2[C@@H](O)[C@H](O[C@@H]3O[C@H](CO)[C@@H](O)[C@H](O)[C@H]3N)[C@@H](CO)O[C@H]2O)cc1. The van der Waals surface area contributed by atoms with Crippen molar-refractivity contribution in [3.63, 3.8) is 0 Å². The molecule has 2 aliphatic heterocycles. The molecule has 10 atom stereocenters. The molecule has 3 rings (SSSR count). The first-order valence-electron chi connectivity index (χ1n) is 10.7.